The van der Waals surface area contributed by atoms with Crippen molar-refractivity contribution in [2.45, 2.75) is 13.0 Å². The molecule has 1 atom stereocenters. The van der Waals surface area contributed by atoms with Gasteiger partial charge in [-0.25, -0.2) is 0 Å². The molecule has 0 bridgehead atoms. The lowest BCUT2D eigenvalue weighted by Gasteiger charge is -2.15. The highest BCUT2D eigenvalue weighted by molar-refractivity contribution is 6.39. The van der Waals surface area contributed by atoms with Gasteiger partial charge in [-0.15, -0.1) is 0 Å². The van der Waals surface area contributed by atoms with Gasteiger partial charge in [0, 0.05) is 0 Å². The maximum Gasteiger partial charge on any atom is 0.239 e. The third kappa shape index (κ3) is 4.38. The van der Waals surface area contributed by atoms with Gasteiger partial charge in [-0.05, 0) is 24.6 Å². The Bertz CT molecular complexity index is 597. The van der Waals surface area contributed by atoms with Crippen LogP contribution in [0.1, 0.15) is 18.5 Å². The van der Waals surface area contributed by atoms with Crippen molar-refractivity contribution in [1.82, 2.24) is 5.32 Å². The van der Waals surface area contributed by atoms with Crippen molar-refractivity contribution >= 4 is 34.8 Å². The summed E-state index contributed by atoms with van der Waals surface area (Å²) < 4.78 is 0. The van der Waals surface area contributed by atoms with E-state index in [0.29, 0.717) is 15.7 Å². The molecule has 1 unspecified atom stereocenters. The standard InChI is InChI=1S/C16H16Cl2N2O/c1-11(12-6-3-2-4-7-12)20-15(21)10-19-16-13(17)8-5-9-14(16)18/h2-9,11,19H,10H2,1H3,(H,20,21). The molecule has 0 aromatic heterocycles. The number of amides is 1. The monoisotopic (exact) mass is 322 g/mol. The van der Waals surface area contributed by atoms with E-state index in [2.05, 4.69) is 10.6 Å². The number of benzene rings is 2. The Balaban J connectivity index is 1.91. The van der Waals surface area contributed by atoms with Crippen LogP contribution in [0.25, 0.3) is 0 Å². The lowest BCUT2D eigenvalue weighted by Crippen LogP contribution is -2.32. The first kappa shape index (κ1) is 15.7. The second-order valence-corrected chi connectivity index (χ2v) is 5.46. The highest BCUT2D eigenvalue weighted by Gasteiger charge is 2.10. The summed E-state index contributed by atoms with van der Waals surface area (Å²) in [5, 5.41) is 6.86. The van der Waals surface area contributed by atoms with Gasteiger partial charge in [0.2, 0.25) is 5.91 Å². The van der Waals surface area contributed by atoms with Gasteiger partial charge in [0.05, 0.1) is 28.3 Å². The van der Waals surface area contributed by atoms with E-state index in [9.17, 15) is 4.79 Å². The molecule has 0 aliphatic heterocycles. The predicted molar refractivity (Wildman–Crippen MR) is 88.0 cm³/mol. The number of para-hydroxylation sites is 1. The quantitative estimate of drug-likeness (QED) is 0.862. The van der Waals surface area contributed by atoms with E-state index >= 15 is 0 Å². The Labute approximate surface area is 134 Å². The van der Waals surface area contributed by atoms with E-state index in [1.165, 1.54) is 0 Å². The molecule has 21 heavy (non-hydrogen) atoms. The molecule has 110 valence electrons. The van der Waals surface area contributed by atoms with E-state index in [-0.39, 0.29) is 18.5 Å². The van der Waals surface area contributed by atoms with Crippen molar-refractivity contribution in [1.29, 1.82) is 0 Å². The van der Waals surface area contributed by atoms with Crippen molar-refractivity contribution in [3.63, 3.8) is 0 Å². The summed E-state index contributed by atoms with van der Waals surface area (Å²) >= 11 is 12.1. The van der Waals surface area contributed by atoms with Gasteiger partial charge in [-0.3, -0.25) is 4.79 Å². The van der Waals surface area contributed by atoms with Gasteiger partial charge in [-0.1, -0.05) is 59.6 Å². The zero-order valence-electron chi connectivity index (χ0n) is 11.6. The van der Waals surface area contributed by atoms with Crippen molar-refractivity contribution in [2.24, 2.45) is 0 Å². The first-order chi connectivity index (χ1) is 10.1. The fraction of sp³-hybridized carbons (Fsp3) is 0.188. The first-order valence-electron chi connectivity index (χ1n) is 6.60. The van der Waals surface area contributed by atoms with Gasteiger partial charge < -0.3 is 10.6 Å². The summed E-state index contributed by atoms with van der Waals surface area (Å²) in [4.78, 5) is 12.0. The van der Waals surface area contributed by atoms with Gasteiger partial charge in [0.25, 0.3) is 0 Å². The zero-order valence-corrected chi connectivity index (χ0v) is 13.1. The summed E-state index contributed by atoms with van der Waals surface area (Å²) in [5.74, 6) is -0.123. The van der Waals surface area contributed by atoms with E-state index in [0.717, 1.165) is 5.56 Å². The summed E-state index contributed by atoms with van der Waals surface area (Å²) in [7, 11) is 0. The Hall–Kier alpha value is -1.71. The Kier molecular flexibility index (Phi) is 5.48. The molecule has 1 amide bonds. The van der Waals surface area contributed by atoms with E-state index in [1.807, 2.05) is 37.3 Å². The molecule has 2 rings (SSSR count). The van der Waals surface area contributed by atoms with Gasteiger partial charge >= 0.3 is 0 Å². The molecule has 0 aliphatic carbocycles. The summed E-state index contributed by atoms with van der Waals surface area (Å²) in [6.45, 7) is 2.05. The third-order valence-corrected chi connectivity index (χ3v) is 3.70. The molecule has 0 heterocycles. The van der Waals surface area contributed by atoms with E-state index in [1.54, 1.807) is 18.2 Å². The number of halogens is 2. The Morgan fingerprint density at radius 2 is 1.67 bits per heavy atom. The van der Waals surface area contributed by atoms with Crippen molar-refractivity contribution in [3.8, 4) is 0 Å². The summed E-state index contributed by atoms with van der Waals surface area (Å²) in [6.07, 6.45) is 0. The van der Waals surface area contributed by atoms with Crippen LogP contribution in [0.4, 0.5) is 5.69 Å². The van der Waals surface area contributed by atoms with Crippen LogP contribution in [-0.4, -0.2) is 12.5 Å². The van der Waals surface area contributed by atoms with E-state index < -0.39 is 0 Å². The average molecular weight is 323 g/mol. The smallest absolute Gasteiger partial charge is 0.239 e. The number of carbonyl (C=O) groups excluding carboxylic acids is 1. The number of hydrogen-bond donors (Lipinski definition) is 2. The van der Waals surface area contributed by atoms with Crippen LogP contribution in [-0.2, 0) is 4.79 Å². The molecular formula is C16H16Cl2N2O. The predicted octanol–water partition coefficient (Wildman–Crippen LogP) is 4.28. The number of nitrogens with one attached hydrogen (secondary N) is 2. The number of carbonyl (C=O) groups is 1. The van der Waals surface area contributed by atoms with Crippen LogP contribution in [0.3, 0.4) is 0 Å². The fourth-order valence-electron chi connectivity index (χ4n) is 1.95. The minimum Gasteiger partial charge on any atom is -0.374 e. The van der Waals surface area contributed by atoms with Gasteiger partial charge in [-0.2, -0.15) is 0 Å². The first-order valence-corrected chi connectivity index (χ1v) is 7.35. The van der Waals surface area contributed by atoms with Gasteiger partial charge in [0.15, 0.2) is 0 Å². The molecule has 5 heteroatoms. The molecule has 3 nitrogen and oxygen atoms in total. The second kappa shape index (κ2) is 7.34. The molecule has 0 fully saturated rings. The van der Waals surface area contributed by atoms with Crippen molar-refractivity contribution < 1.29 is 4.79 Å². The number of anilines is 1. The molecular weight excluding hydrogens is 307 g/mol. The maximum atomic E-state index is 12.0. The molecule has 2 aromatic carbocycles. The average Bonchev–Trinajstić information content (AvgIpc) is 2.47. The second-order valence-electron chi connectivity index (χ2n) is 4.65. The molecule has 0 saturated heterocycles. The largest absolute Gasteiger partial charge is 0.374 e. The van der Waals surface area contributed by atoms with Crippen molar-refractivity contribution in [2.75, 3.05) is 11.9 Å². The highest BCUT2D eigenvalue weighted by atomic mass is 35.5. The lowest BCUT2D eigenvalue weighted by molar-refractivity contribution is -0.120. The molecule has 0 spiro atoms. The molecule has 0 aliphatic rings. The SMILES string of the molecule is CC(NC(=O)CNc1c(Cl)cccc1Cl)c1ccccc1. The molecule has 0 saturated carbocycles. The minimum atomic E-state index is -0.123. The van der Waals surface area contributed by atoms with Crippen LogP contribution < -0.4 is 10.6 Å². The van der Waals surface area contributed by atoms with Crippen LogP contribution in [0.2, 0.25) is 10.0 Å². The zero-order chi connectivity index (χ0) is 15.2. The summed E-state index contributed by atoms with van der Waals surface area (Å²) in [5.41, 5.74) is 1.63. The highest BCUT2D eigenvalue weighted by Crippen LogP contribution is 2.29. The maximum absolute atomic E-state index is 12.0. The van der Waals surface area contributed by atoms with Gasteiger partial charge in [0.1, 0.15) is 0 Å². The third-order valence-electron chi connectivity index (χ3n) is 3.07. The normalized spacial score (nSPS) is 11.8. The Morgan fingerprint density at radius 1 is 1.05 bits per heavy atom. The van der Waals surface area contributed by atoms with E-state index in [4.69, 9.17) is 23.2 Å². The van der Waals surface area contributed by atoms with Crippen LogP contribution in [0, 0.1) is 0 Å². The topological polar surface area (TPSA) is 41.1 Å². The fourth-order valence-corrected chi connectivity index (χ4v) is 2.48. The molecule has 2 N–H and O–H groups in total. The number of rotatable bonds is 5. The van der Waals surface area contributed by atoms with Crippen LogP contribution in [0.15, 0.2) is 48.5 Å². The molecule has 0 radical (unpaired) electrons. The lowest BCUT2D eigenvalue weighted by atomic mass is 10.1. The molecule has 2 aromatic rings. The Morgan fingerprint density at radius 3 is 2.29 bits per heavy atom. The van der Waals surface area contributed by atoms with Crippen LogP contribution in [0.5, 0.6) is 0 Å². The number of hydrogen-bond acceptors (Lipinski definition) is 2. The van der Waals surface area contributed by atoms with Crippen molar-refractivity contribution in [3.05, 3.63) is 64.1 Å². The van der Waals surface area contributed by atoms with Crippen LogP contribution >= 0.6 is 23.2 Å². The summed E-state index contributed by atoms with van der Waals surface area (Å²) in [6, 6.07) is 14.9. The minimum absolute atomic E-state index is 0.0535.